The fourth-order valence-electron chi connectivity index (χ4n) is 6.03. The number of isocyanates is 1. The summed E-state index contributed by atoms with van der Waals surface area (Å²) in [4.78, 5) is 38.7. The average Bonchev–Trinajstić information content (AvgIpc) is 3.29. The second-order valence-corrected chi connectivity index (χ2v) is 18.5. The van der Waals surface area contributed by atoms with Crippen LogP contribution in [0.4, 0.5) is 36.3 Å². The van der Waals surface area contributed by atoms with Gasteiger partial charge in [-0.05, 0) is 70.5 Å². The number of halogens is 2. The van der Waals surface area contributed by atoms with E-state index in [-0.39, 0.29) is 28.4 Å². The largest absolute Gasteiger partial charge is 0.481 e. The van der Waals surface area contributed by atoms with E-state index < -0.39 is 36.9 Å². The third-order valence-corrected chi connectivity index (χ3v) is 11.4. The number of rotatable bonds is 13. The van der Waals surface area contributed by atoms with E-state index in [4.69, 9.17) is 14.6 Å². The Morgan fingerprint density at radius 3 is 1.66 bits per heavy atom. The first-order chi connectivity index (χ1) is 32.0. The van der Waals surface area contributed by atoms with Crippen LogP contribution in [0.5, 0.6) is 11.8 Å². The molecule has 4 N–H and O–H groups in total. The van der Waals surface area contributed by atoms with Gasteiger partial charge in [0, 0.05) is 76.0 Å². The molecular weight excluding hydrogens is 927 g/mol. The van der Waals surface area contributed by atoms with Gasteiger partial charge in [-0.3, -0.25) is 0 Å². The summed E-state index contributed by atoms with van der Waals surface area (Å²) < 4.78 is 87.7. The maximum absolute atomic E-state index is 14.5. The monoisotopic (exact) mass is 976 g/mol. The maximum atomic E-state index is 14.5. The number of anilines is 3. The quantitative estimate of drug-likeness (QED) is 0.0816. The van der Waals surface area contributed by atoms with E-state index in [1.54, 1.807) is 74.5 Å². The fourth-order valence-corrected chi connectivity index (χ4v) is 7.30. The van der Waals surface area contributed by atoms with Gasteiger partial charge < -0.3 is 24.6 Å². The minimum absolute atomic E-state index is 0.0234. The molecule has 2 aromatic carbocycles. The molecule has 0 aliphatic heterocycles. The highest BCUT2D eigenvalue weighted by Gasteiger charge is 2.24. The molecule has 360 valence electrons. The predicted molar refractivity (Wildman–Crippen MR) is 252 cm³/mol. The Hall–Kier alpha value is -7.53. The van der Waals surface area contributed by atoms with Gasteiger partial charge in [-0.25, -0.2) is 46.6 Å². The van der Waals surface area contributed by atoms with Gasteiger partial charge in [-0.2, -0.15) is 23.6 Å². The zero-order valence-corrected chi connectivity index (χ0v) is 40.3. The van der Waals surface area contributed by atoms with Crippen molar-refractivity contribution in [3.8, 4) is 34.0 Å². The number of amides is 2. The van der Waals surface area contributed by atoms with Crippen LogP contribution < -0.4 is 34.5 Å². The number of nitrogens with two attached hydrogens (primary N) is 1. The van der Waals surface area contributed by atoms with E-state index in [0.29, 0.717) is 62.2 Å². The standard InChI is InChI=1S/C22H25FN6O4S.C16H15FN2O2.C6H10N4O2S/c1-13(2)17-9-15(23)10-18(14-6-7-24-19(8-14)33-5)21(17)26-22(30)28-34(31,32)20-11-16(29(3)4)12-25-27-20;1-10(2)13-7-12(17)8-14(16(13)19-9-20)11-4-5-18-15(6-11)21-3;1-10(2)5-3-6(9-8-4-5)13(7,11)12/h6-13H,1-5H3,(H2,26,28,30);4-8,10H,1-3H3;3-4H,1-2H3,(H2,7,11,12). The highest BCUT2D eigenvalue weighted by Crippen LogP contribution is 2.39. The highest BCUT2D eigenvalue weighted by atomic mass is 32.2. The van der Waals surface area contributed by atoms with Gasteiger partial charge in [-0.15, -0.1) is 10.2 Å². The molecular formula is C44H50F2N12O8S2. The molecule has 0 spiro atoms. The molecule has 4 aromatic heterocycles. The zero-order valence-electron chi connectivity index (χ0n) is 38.7. The molecule has 0 unspecified atom stereocenters. The number of aromatic nitrogens is 6. The Bertz CT molecular complexity index is 3030. The normalized spacial score (nSPS) is 11.0. The number of hydrogen-bond acceptors (Lipinski definition) is 17. The topological polar surface area (TPSA) is 267 Å². The van der Waals surface area contributed by atoms with Crippen LogP contribution in [0.1, 0.15) is 50.7 Å². The summed E-state index contributed by atoms with van der Waals surface area (Å²) in [7, 11) is 1.82. The first-order valence-corrected chi connectivity index (χ1v) is 23.1. The maximum Gasteiger partial charge on any atom is 0.333 e. The molecule has 2 amide bonds. The number of carbonyl (C=O) groups is 1. The van der Waals surface area contributed by atoms with Crippen LogP contribution in [0.15, 0.2) is 100 Å². The molecule has 0 aliphatic carbocycles. The lowest BCUT2D eigenvalue weighted by Crippen LogP contribution is -2.35. The fraction of sp³-hybridized carbons (Fsp3) is 0.273. The highest BCUT2D eigenvalue weighted by molar-refractivity contribution is 7.90. The van der Waals surface area contributed by atoms with Crippen LogP contribution in [0.2, 0.25) is 0 Å². The Balaban J connectivity index is 0.000000250. The number of nitrogens with one attached hydrogen (secondary N) is 2. The average molecular weight is 977 g/mol. The van der Waals surface area contributed by atoms with E-state index in [2.05, 4.69) is 40.7 Å². The van der Waals surface area contributed by atoms with Crippen molar-refractivity contribution in [3.05, 3.63) is 108 Å². The number of benzene rings is 2. The number of nitrogens with zero attached hydrogens (tertiary/aromatic N) is 9. The second-order valence-electron chi connectivity index (χ2n) is 15.4. The molecule has 0 saturated carbocycles. The number of pyridine rings is 2. The van der Waals surface area contributed by atoms with Crippen LogP contribution in [0.25, 0.3) is 22.3 Å². The van der Waals surface area contributed by atoms with Gasteiger partial charge in [0.05, 0.1) is 49.4 Å². The van der Waals surface area contributed by atoms with Gasteiger partial charge in [0.1, 0.15) is 11.6 Å². The summed E-state index contributed by atoms with van der Waals surface area (Å²) in [6.07, 6.45) is 7.43. The number of ether oxygens (including phenoxy) is 2. The summed E-state index contributed by atoms with van der Waals surface area (Å²) >= 11 is 0. The van der Waals surface area contributed by atoms with Crippen molar-refractivity contribution in [3.63, 3.8) is 0 Å². The molecule has 6 aromatic rings. The Labute approximate surface area is 392 Å². The van der Waals surface area contributed by atoms with E-state index >= 15 is 0 Å². The molecule has 0 atom stereocenters. The molecule has 6 rings (SSSR count). The van der Waals surface area contributed by atoms with E-state index in [1.807, 2.05) is 32.4 Å². The molecule has 0 aliphatic rings. The van der Waals surface area contributed by atoms with E-state index in [0.717, 1.165) is 0 Å². The summed E-state index contributed by atoms with van der Waals surface area (Å²) in [5.74, 6) is -0.352. The van der Waals surface area contributed by atoms with Crippen molar-refractivity contribution < 1.29 is 44.7 Å². The lowest BCUT2D eigenvalue weighted by Gasteiger charge is -2.19. The second kappa shape index (κ2) is 23.3. The van der Waals surface area contributed by atoms with Crippen molar-refractivity contribution in [2.45, 2.75) is 49.6 Å². The zero-order chi connectivity index (χ0) is 50.5. The lowest BCUT2D eigenvalue weighted by atomic mass is 9.94. The van der Waals surface area contributed by atoms with Gasteiger partial charge in [0.15, 0.2) is 10.1 Å². The van der Waals surface area contributed by atoms with Crippen molar-refractivity contribution >= 4 is 54.9 Å². The first kappa shape index (κ1) is 53.1. The number of sulfonamides is 2. The Morgan fingerprint density at radius 2 is 1.19 bits per heavy atom. The molecule has 0 fully saturated rings. The smallest absolute Gasteiger partial charge is 0.333 e. The van der Waals surface area contributed by atoms with Crippen molar-refractivity contribution in [1.82, 2.24) is 35.1 Å². The molecule has 0 radical (unpaired) electrons. The summed E-state index contributed by atoms with van der Waals surface area (Å²) in [5.41, 5.74) is 5.00. The number of aliphatic imine (C=N–C) groups is 1. The van der Waals surface area contributed by atoms with Gasteiger partial charge in [0.25, 0.3) is 20.0 Å². The summed E-state index contributed by atoms with van der Waals surface area (Å²) in [6, 6.07) is 13.5. The van der Waals surface area contributed by atoms with E-state index in [9.17, 15) is 35.2 Å². The van der Waals surface area contributed by atoms with Crippen molar-refractivity contribution in [1.29, 1.82) is 0 Å². The van der Waals surface area contributed by atoms with E-state index in [1.165, 1.54) is 69.2 Å². The van der Waals surface area contributed by atoms with Gasteiger partial charge in [-0.1, -0.05) is 27.7 Å². The van der Waals surface area contributed by atoms with Crippen LogP contribution in [-0.2, 0) is 24.8 Å². The molecule has 24 heteroatoms. The lowest BCUT2D eigenvalue weighted by molar-refractivity contribution is 0.256. The third-order valence-electron chi connectivity index (χ3n) is 9.45. The van der Waals surface area contributed by atoms with Gasteiger partial charge in [0.2, 0.25) is 17.8 Å². The molecule has 4 heterocycles. The molecule has 0 bridgehead atoms. The van der Waals surface area contributed by atoms with Gasteiger partial charge >= 0.3 is 6.03 Å². The van der Waals surface area contributed by atoms with Crippen molar-refractivity contribution in [2.24, 2.45) is 10.1 Å². The van der Waals surface area contributed by atoms with Crippen LogP contribution >= 0.6 is 0 Å². The molecule has 0 saturated heterocycles. The first-order valence-electron chi connectivity index (χ1n) is 20.1. The minimum atomic E-state index is -4.33. The number of methoxy groups -OCH3 is 2. The van der Waals surface area contributed by atoms with Crippen LogP contribution in [0.3, 0.4) is 0 Å². The molecule has 68 heavy (non-hydrogen) atoms. The number of primary sulfonamides is 1. The predicted octanol–water partition coefficient (Wildman–Crippen LogP) is 6.56. The van der Waals surface area contributed by atoms with Crippen molar-refractivity contribution in [2.75, 3.05) is 57.5 Å². The van der Waals surface area contributed by atoms with Crippen LogP contribution in [-0.4, -0.2) is 102 Å². The Kier molecular flexibility index (Phi) is 18.2. The number of carbonyl (C=O) groups excluding carboxylic acids is 2. The number of urea groups is 1. The minimum Gasteiger partial charge on any atom is -0.481 e. The van der Waals surface area contributed by atoms with Crippen LogP contribution in [0, 0.1) is 11.6 Å². The number of hydrogen-bond donors (Lipinski definition) is 3. The Morgan fingerprint density at radius 1 is 0.721 bits per heavy atom. The molecule has 20 nitrogen and oxygen atoms in total. The SMILES string of the molecule is CN(C)c1cnnc(S(N)(=O)=O)c1.COc1cc(-c2cc(F)cc(C(C)C)c2N=C=O)ccn1.COc1cc(-c2cc(F)cc(C(C)C)c2NC(=O)NS(=O)(=O)c2cc(N(C)C)cnn2)ccn1. The summed E-state index contributed by atoms with van der Waals surface area (Å²) in [6.45, 7) is 7.48. The summed E-state index contributed by atoms with van der Waals surface area (Å²) in [5, 5.41) is 21.0. The third kappa shape index (κ3) is 14.2.